The van der Waals surface area contributed by atoms with Crippen molar-refractivity contribution in [3.63, 3.8) is 0 Å². The van der Waals surface area contributed by atoms with Gasteiger partial charge in [-0.25, -0.2) is 9.50 Å². The van der Waals surface area contributed by atoms with Gasteiger partial charge in [0, 0.05) is 32.0 Å². The first-order valence-corrected chi connectivity index (χ1v) is 6.00. The molecule has 3 rings (SSSR count). The Hall–Kier alpha value is -1.62. The Kier molecular flexibility index (Phi) is 2.48. The van der Waals surface area contributed by atoms with Crippen LogP contribution in [0.3, 0.4) is 0 Å². The van der Waals surface area contributed by atoms with Gasteiger partial charge in [0.25, 0.3) is 0 Å². The maximum atomic E-state index is 4.50. The minimum atomic E-state index is 0.531. The van der Waals surface area contributed by atoms with E-state index < -0.39 is 0 Å². The molecule has 17 heavy (non-hydrogen) atoms. The van der Waals surface area contributed by atoms with Crippen LogP contribution in [0.5, 0.6) is 0 Å². The third-order valence-corrected chi connectivity index (χ3v) is 3.41. The highest BCUT2D eigenvalue weighted by molar-refractivity contribution is 5.69. The molecular weight excluding hydrogens is 214 g/mol. The fourth-order valence-corrected chi connectivity index (χ4v) is 2.45. The van der Waals surface area contributed by atoms with Crippen LogP contribution in [0.25, 0.3) is 5.52 Å². The summed E-state index contributed by atoms with van der Waals surface area (Å²) >= 11 is 0. The van der Waals surface area contributed by atoms with Crippen molar-refractivity contribution >= 4 is 11.3 Å². The van der Waals surface area contributed by atoms with Crippen LogP contribution in [0, 0.1) is 6.92 Å². The number of anilines is 1. The second-order valence-electron chi connectivity index (χ2n) is 4.62. The lowest BCUT2D eigenvalue weighted by Gasteiger charge is -2.25. The van der Waals surface area contributed by atoms with Gasteiger partial charge in [-0.05, 0) is 26.0 Å². The number of likely N-dealkylation sites (N-methyl/N-ethyl adjacent to an activating group) is 1. The molecule has 0 radical (unpaired) electrons. The van der Waals surface area contributed by atoms with Crippen LogP contribution in [0.1, 0.15) is 12.1 Å². The highest BCUT2D eigenvalue weighted by Crippen LogP contribution is 2.21. The predicted molar refractivity (Wildman–Crippen MR) is 67.4 cm³/mol. The average molecular weight is 231 g/mol. The Morgan fingerprint density at radius 1 is 1.53 bits per heavy atom. The van der Waals surface area contributed by atoms with Crippen LogP contribution in [-0.2, 0) is 0 Å². The quantitative estimate of drug-likeness (QED) is 0.832. The lowest BCUT2D eigenvalue weighted by molar-refractivity contribution is 0.677. The molecule has 1 aliphatic rings. The van der Waals surface area contributed by atoms with Crippen LogP contribution in [0.15, 0.2) is 18.5 Å². The summed E-state index contributed by atoms with van der Waals surface area (Å²) in [4.78, 5) is 6.76. The summed E-state index contributed by atoms with van der Waals surface area (Å²) < 4.78 is 1.90. The molecule has 1 fully saturated rings. The molecular formula is C12H17N5. The summed E-state index contributed by atoms with van der Waals surface area (Å²) in [6, 6.07) is 2.62. The van der Waals surface area contributed by atoms with Crippen molar-refractivity contribution in [3.8, 4) is 0 Å². The molecule has 0 aromatic carbocycles. The molecule has 5 heteroatoms. The number of nitrogens with one attached hydrogen (secondary N) is 1. The van der Waals surface area contributed by atoms with Crippen molar-refractivity contribution in [1.82, 2.24) is 19.9 Å². The fraction of sp³-hybridized carbons (Fsp3) is 0.500. The average Bonchev–Trinajstić information content (AvgIpc) is 2.94. The molecule has 3 heterocycles. The first-order valence-electron chi connectivity index (χ1n) is 6.00. The summed E-state index contributed by atoms with van der Waals surface area (Å²) in [6.45, 7) is 4.14. The lowest BCUT2D eigenvalue weighted by atomic mass is 10.2. The number of nitrogens with zero attached hydrogens (tertiary/aromatic N) is 4. The van der Waals surface area contributed by atoms with Crippen LogP contribution in [-0.4, -0.2) is 40.8 Å². The molecule has 90 valence electrons. The molecule has 1 saturated heterocycles. The first-order chi connectivity index (χ1) is 8.25. The summed E-state index contributed by atoms with van der Waals surface area (Å²) in [5.74, 6) is 1.02. The SMILES string of the molecule is Cc1cc2c(N(C)C3CCNC3)nccn2n1. The second-order valence-corrected chi connectivity index (χ2v) is 4.62. The van der Waals surface area contributed by atoms with Crippen molar-refractivity contribution in [2.45, 2.75) is 19.4 Å². The maximum Gasteiger partial charge on any atom is 0.154 e. The van der Waals surface area contributed by atoms with Gasteiger partial charge in [0.05, 0.1) is 5.69 Å². The Morgan fingerprint density at radius 3 is 3.18 bits per heavy atom. The normalized spacial score (nSPS) is 20.0. The molecule has 5 nitrogen and oxygen atoms in total. The summed E-state index contributed by atoms with van der Waals surface area (Å²) in [6.07, 6.45) is 4.88. The first kappa shape index (κ1) is 10.5. The van der Waals surface area contributed by atoms with Gasteiger partial charge in [-0.15, -0.1) is 0 Å². The van der Waals surface area contributed by atoms with Crippen molar-refractivity contribution in [1.29, 1.82) is 0 Å². The number of hydrogen-bond acceptors (Lipinski definition) is 4. The molecule has 0 amide bonds. The van der Waals surface area contributed by atoms with Crippen molar-refractivity contribution in [3.05, 3.63) is 24.2 Å². The molecule has 1 unspecified atom stereocenters. The lowest BCUT2D eigenvalue weighted by Crippen LogP contribution is -2.34. The van der Waals surface area contributed by atoms with E-state index in [0.717, 1.165) is 30.1 Å². The highest BCUT2D eigenvalue weighted by Gasteiger charge is 2.22. The zero-order chi connectivity index (χ0) is 11.8. The molecule has 0 aliphatic carbocycles. The van der Waals surface area contributed by atoms with E-state index >= 15 is 0 Å². The minimum absolute atomic E-state index is 0.531. The third-order valence-electron chi connectivity index (χ3n) is 3.41. The van der Waals surface area contributed by atoms with E-state index in [1.54, 1.807) is 0 Å². The Labute approximate surface area is 100 Å². The van der Waals surface area contributed by atoms with Gasteiger partial charge in [0.15, 0.2) is 5.82 Å². The van der Waals surface area contributed by atoms with Crippen LogP contribution >= 0.6 is 0 Å². The monoisotopic (exact) mass is 231 g/mol. The van der Waals surface area contributed by atoms with Crippen LogP contribution < -0.4 is 10.2 Å². The molecule has 2 aromatic rings. The molecule has 0 saturated carbocycles. The molecule has 0 spiro atoms. The van der Waals surface area contributed by atoms with E-state index in [2.05, 4.69) is 33.4 Å². The molecule has 1 N–H and O–H groups in total. The van der Waals surface area contributed by atoms with E-state index in [4.69, 9.17) is 0 Å². The summed E-state index contributed by atoms with van der Waals surface area (Å²) in [5, 5.41) is 7.80. The van der Waals surface area contributed by atoms with Gasteiger partial charge in [-0.2, -0.15) is 5.10 Å². The van der Waals surface area contributed by atoms with E-state index in [9.17, 15) is 0 Å². The summed E-state index contributed by atoms with van der Waals surface area (Å²) in [7, 11) is 2.11. The van der Waals surface area contributed by atoms with Gasteiger partial charge in [-0.3, -0.25) is 0 Å². The number of fused-ring (bicyclic) bond motifs is 1. The van der Waals surface area contributed by atoms with E-state index in [1.807, 2.05) is 23.8 Å². The Bertz CT molecular complexity index is 527. The van der Waals surface area contributed by atoms with Crippen molar-refractivity contribution in [2.24, 2.45) is 0 Å². The largest absolute Gasteiger partial charge is 0.354 e. The number of aromatic nitrogens is 3. The third kappa shape index (κ3) is 1.76. The van der Waals surface area contributed by atoms with Crippen molar-refractivity contribution in [2.75, 3.05) is 25.0 Å². The molecule has 1 atom stereocenters. The van der Waals surface area contributed by atoms with Gasteiger partial charge in [-0.1, -0.05) is 0 Å². The van der Waals surface area contributed by atoms with Crippen molar-refractivity contribution < 1.29 is 0 Å². The van der Waals surface area contributed by atoms with Gasteiger partial charge in [0.1, 0.15) is 5.52 Å². The summed E-state index contributed by atoms with van der Waals surface area (Å²) in [5.41, 5.74) is 2.11. The zero-order valence-corrected chi connectivity index (χ0v) is 10.2. The highest BCUT2D eigenvalue weighted by atomic mass is 15.3. The smallest absolute Gasteiger partial charge is 0.154 e. The predicted octanol–water partition coefficient (Wildman–Crippen LogP) is 0.836. The van der Waals surface area contributed by atoms with E-state index in [0.29, 0.717) is 6.04 Å². The van der Waals surface area contributed by atoms with Gasteiger partial charge in [0.2, 0.25) is 0 Å². The second kappa shape index (κ2) is 4.00. The molecule has 2 aromatic heterocycles. The number of hydrogen-bond donors (Lipinski definition) is 1. The topological polar surface area (TPSA) is 45.5 Å². The minimum Gasteiger partial charge on any atom is -0.354 e. The maximum absolute atomic E-state index is 4.50. The van der Waals surface area contributed by atoms with Gasteiger partial charge >= 0.3 is 0 Å². The number of rotatable bonds is 2. The standard InChI is InChI=1S/C12H17N5/c1-9-7-11-12(14-5-6-17(11)15-9)16(2)10-3-4-13-8-10/h5-7,10,13H,3-4,8H2,1-2H3. The van der Waals surface area contributed by atoms with E-state index in [-0.39, 0.29) is 0 Å². The molecule has 0 bridgehead atoms. The van der Waals surface area contributed by atoms with Crippen LogP contribution in [0.4, 0.5) is 5.82 Å². The number of aryl methyl sites for hydroxylation is 1. The van der Waals surface area contributed by atoms with E-state index in [1.165, 1.54) is 6.42 Å². The molecule has 1 aliphatic heterocycles. The fourth-order valence-electron chi connectivity index (χ4n) is 2.45. The zero-order valence-electron chi connectivity index (χ0n) is 10.2. The Morgan fingerprint density at radius 2 is 2.41 bits per heavy atom. The Balaban J connectivity index is 2.03. The van der Waals surface area contributed by atoms with Gasteiger partial charge < -0.3 is 10.2 Å². The van der Waals surface area contributed by atoms with Crippen LogP contribution in [0.2, 0.25) is 0 Å².